The third-order valence-electron chi connectivity index (χ3n) is 2.28. The Morgan fingerprint density at radius 1 is 1.44 bits per heavy atom. The maximum atomic E-state index is 12.5. The van der Waals surface area contributed by atoms with E-state index in [9.17, 15) is 18.0 Å². The summed E-state index contributed by atoms with van der Waals surface area (Å²) in [6.45, 7) is 3.19. The van der Waals surface area contributed by atoms with Crippen LogP contribution in [0.2, 0.25) is 0 Å². The molecule has 1 aromatic heterocycles. The van der Waals surface area contributed by atoms with E-state index in [-0.39, 0.29) is 12.3 Å². The molecule has 18 heavy (non-hydrogen) atoms. The van der Waals surface area contributed by atoms with E-state index in [0.717, 1.165) is 0 Å². The fourth-order valence-corrected chi connectivity index (χ4v) is 1.56. The third kappa shape index (κ3) is 3.67. The first-order chi connectivity index (χ1) is 8.21. The largest absolute Gasteiger partial charge is 0.481 e. The van der Waals surface area contributed by atoms with E-state index in [1.807, 2.05) is 0 Å². The van der Waals surface area contributed by atoms with E-state index in [2.05, 4.69) is 15.5 Å². The van der Waals surface area contributed by atoms with E-state index in [1.165, 1.54) is 0 Å². The number of alkyl halides is 3. The predicted octanol–water partition coefficient (Wildman–Crippen LogP) is 1.44. The highest BCUT2D eigenvalue weighted by atomic mass is 19.4. The number of aromatic nitrogens is 4. The van der Waals surface area contributed by atoms with Gasteiger partial charge in [0, 0.05) is 0 Å². The smallest absolute Gasteiger partial charge is 0.453 e. The van der Waals surface area contributed by atoms with Gasteiger partial charge in [0.05, 0.1) is 12.5 Å². The zero-order valence-corrected chi connectivity index (χ0v) is 9.85. The number of tetrazole rings is 1. The van der Waals surface area contributed by atoms with Crippen LogP contribution in [0.15, 0.2) is 0 Å². The van der Waals surface area contributed by atoms with Crippen LogP contribution in [0.1, 0.15) is 26.1 Å². The molecule has 102 valence electrons. The molecule has 0 aromatic carbocycles. The van der Waals surface area contributed by atoms with Crippen molar-refractivity contribution in [2.45, 2.75) is 33.0 Å². The van der Waals surface area contributed by atoms with Crippen LogP contribution < -0.4 is 0 Å². The summed E-state index contributed by atoms with van der Waals surface area (Å²) < 4.78 is 37.9. The average molecular weight is 266 g/mol. The maximum absolute atomic E-state index is 12.5. The van der Waals surface area contributed by atoms with E-state index in [0.29, 0.717) is 4.68 Å². The molecule has 1 N–H and O–H groups in total. The Morgan fingerprint density at radius 2 is 2.06 bits per heavy atom. The quantitative estimate of drug-likeness (QED) is 0.872. The fraction of sp³-hybridized carbons (Fsp3) is 0.778. The Hall–Kier alpha value is -1.67. The number of aliphatic carboxylic acids is 1. The molecule has 6 nitrogen and oxygen atoms in total. The highest BCUT2D eigenvalue weighted by Gasteiger charge is 2.38. The van der Waals surface area contributed by atoms with Crippen LogP contribution in [-0.2, 0) is 17.5 Å². The molecule has 0 bridgehead atoms. The maximum Gasteiger partial charge on any atom is 0.453 e. The number of nitrogens with zero attached hydrogens (tertiary/aromatic N) is 4. The van der Waals surface area contributed by atoms with Gasteiger partial charge in [-0.1, -0.05) is 13.8 Å². The first kappa shape index (κ1) is 14.4. The standard InChI is InChI=1S/C9H13F3N4O2/c1-5(2)3-6(7(17)18)4-16-8(9(10,11)12)13-14-15-16/h5-6H,3-4H2,1-2H3,(H,17,18). The van der Waals surface area contributed by atoms with Crippen molar-refractivity contribution in [1.29, 1.82) is 0 Å². The van der Waals surface area contributed by atoms with Gasteiger partial charge in [0.1, 0.15) is 0 Å². The molecule has 9 heteroatoms. The van der Waals surface area contributed by atoms with Crippen LogP contribution in [0.4, 0.5) is 13.2 Å². The molecule has 0 saturated carbocycles. The summed E-state index contributed by atoms with van der Waals surface area (Å²) in [4.78, 5) is 11.0. The summed E-state index contributed by atoms with van der Waals surface area (Å²) in [6, 6.07) is 0. The SMILES string of the molecule is CC(C)CC(Cn1nnnc1C(F)(F)F)C(=O)O. The summed E-state index contributed by atoms with van der Waals surface area (Å²) in [5.41, 5.74) is 0. The highest BCUT2D eigenvalue weighted by Crippen LogP contribution is 2.27. The third-order valence-corrected chi connectivity index (χ3v) is 2.28. The summed E-state index contributed by atoms with van der Waals surface area (Å²) in [6.07, 6.45) is -4.43. The van der Waals surface area contributed by atoms with Crippen LogP contribution in [0.5, 0.6) is 0 Å². The van der Waals surface area contributed by atoms with Gasteiger partial charge >= 0.3 is 12.1 Å². The number of hydrogen-bond acceptors (Lipinski definition) is 4. The lowest BCUT2D eigenvalue weighted by molar-refractivity contribution is -0.151. The number of carboxylic acids is 1. The molecule has 0 amide bonds. The normalized spacial score (nSPS) is 13.9. The molecule has 0 fully saturated rings. The van der Waals surface area contributed by atoms with Crippen molar-refractivity contribution in [3.63, 3.8) is 0 Å². The molecular weight excluding hydrogens is 253 g/mol. The number of carboxylic acid groups (broad SMARTS) is 1. The van der Waals surface area contributed by atoms with Crippen molar-refractivity contribution in [2.24, 2.45) is 11.8 Å². The molecule has 0 saturated heterocycles. The average Bonchev–Trinajstić information content (AvgIpc) is 2.63. The lowest BCUT2D eigenvalue weighted by Gasteiger charge is -2.15. The topological polar surface area (TPSA) is 80.9 Å². The van der Waals surface area contributed by atoms with Gasteiger partial charge in [-0.15, -0.1) is 5.10 Å². The minimum absolute atomic E-state index is 0.0527. The van der Waals surface area contributed by atoms with Gasteiger partial charge in [0.15, 0.2) is 0 Å². The van der Waals surface area contributed by atoms with Crippen LogP contribution in [-0.4, -0.2) is 31.3 Å². The Morgan fingerprint density at radius 3 is 2.50 bits per heavy atom. The van der Waals surface area contributed by atoms with Gasteiger partial charge in [0.2, 0.25) is 0 Å². The van der Waals surface area contributed by atoms with Crippen molar-refractivity contribution in [3.05, 3.63) is 5.82 Å². The van der Waals surface area contributed by atoms with Crippen LogP contribution in [0.3, 0.4) is 0 Å². The first-order valence-electron chi connectivity index (χ1n) is 5.28. The molecule has 0 aliphatic rings. The zero-order chi connectivity index (χ0) is 13.9. The molecule has 1 unspecified atom stereocenters. The van der Waals surface area contributed by atoms with Gasteiger partial charge in [-0.05, 0) is 22.8 Å². The van der Waals surface area contributed by atoms with Crippen molar-refractivity contribution in [1.82, 2.24) is 20.2 Å². The summed E-state index contributed by atoms with van der Waals surface area (Å²) >= 11 is 0. The van der Waals surface area contributed by atoms with E-state index >= 15 is 0 Å². The molecule has 1 rings (SSSR count). The van der Waals surface area contributed by atoms with Crippen molar-refractivity contribution >= 4 is 5.97 Å². The molecular formula is C9H13F3N4O2. The van der Waals surface area contributed by atoms with Crippen molar-refractivity contribution < 1.29 is 23.1 Å². The van der Waals surface area contributed by atoms with Crippen molar-refractivity contribution in [2.75, 3.05) is 0 Å². The second-order valence-corrected chi connectivity index (χ2v) is 4.35. The number of hydrogen-bond donors (Lipinski definition) is 1. The second kappa shape index (κ2) is 5.32. The summed E-state index contributed by atoms with van der Waals surface area (Å²) in [5.74, 6) is -3.34. The minimum Gasteiger partial charge on any atom is -0.481 e. The lowest BCUT2D eigenvalue weighted by Crippen LogP contribution is -2.25. The Balaban J connectivity index is 2.88. The van der Waals surface area contributed by atoms with Gasteiger partial charge in [0.25, 0.3) is 5.82 Å². The van der Waals surface area contributed by atoms with Gasteiger partial charge in [-0.25, -0.2) is 4.68 Å². The highest BCUT2D eigenvalue weighted by molar-refractivity contribution is 5.69. The Bertz CT molecular complexity index is 416. The molecule has 1 atom stereocenters. The molecule has 0 radical (unpaired) electrons. The Labute approximate surface area is 101 Å². The van der Waals surface area contributed by atoms with Crippen LogP contribution in [0.25, 0.3) is 0 Å². The minimum atomic E-state index is -4.69. The van der Waals surface area contributed by atoms with Gasteiger partial charge in [-0.2, -0.15) is 13.2 Å². The van der Waals surface area contributed by atoms with E-state index < -0.39 is 30.4 Å². The van der Waals surface area contributed by atoms with Gasteiger partial charge < -0.3 is 5.11 Å². The van der Waals surface area contributed by atoms with Gasteiger partial charge in [-0.3, -0.25) is 4.79 Å². The monoisotopic (exact) mass is 266 g/mol. The lowest BCUT2D eigenvalue weighted by atomic mass is 9.97. The molecule has 0 aliphatic heterocycles. The Kier molecular flexibility index (Phi) is 4.25. The molecule has 0 spiro atoms. The van der Waals surface area contributed by atoms with Crippen LogP contribution in [0, 0.1) is 11.8 Å². The van der Waals surface area contributed by atoms with E-state index in [4.69, 9.17) is 5.11 Å². The first-order valence-corrected chi connectivity index (χ1v) is 5.28. The predicted molar refractivity (Wildman–Crippen MR) is 53.4 cm³/mol. The fourth-order valence-electron chi connectivity index (χ4n) is 1.56. The molecule has 1 heterocycles. The number of rotatable bonds is 5. The number of halogens is 3. The summed E-state index contributed by atoms with van der Waals surface area (Å²) in [5, 5.41) is 17.9. The van der Waals surface area contributed by atoms with Crippen LogP contribution >= 0.6 is 0 Å². The molecule has 1 aromatic rings. The number of carbonyl (C=O) groups is 1. The van der Waals surface area contributed by atoms with E-state index in [1.54, 1.807) is 13.8 Å². The molecule has 0 aliphatic carbocycles. The second-order valence-electron chi connectivity index (χ2n) is 4.35. The summed E-state index contributed by atoms with van der Waals surface area (Å²) in [7, 11) is 0. The zero-order valence-electron chi connectivity index (χ0n) is 9.85. The van der Waals surface area contributed by atoms with Crippen molar-refractivity contribution in [3.8, 4) is 0 Å².